The van der Waals surface area contributed by atoms with E-state index in [1.807, 2.05) is 0 Å². The number of aliphatic hydroxyl groups excluding tert-OH is 1. The predicted octanol–water partition coefficient (Wildman–Crippen LogP) is 1.58. The van der Waals surface area contributed by atoms with Gasteiger partial charge >= 0.3 is 5.97 Å². The average Bonchev–Trinajstić information content (AvgIpc) is 2.98. The van der Waals surface area contributed by atoms with Crippen molar-refractivity contribution in [1.82, 2.24) is 4.90 Å². The Hall–Kier alpha value is -1.88. The van der Waals surface area contributed by atoms with Crippen molar-refractivity contribution in [2.75, 3.05) is 6.54 Å². The Balaban J connectivity index is 2.15. The lowest BCUT2D eigenvalue weighted by atomic mass is 10.1. The molecule has 1 aliphatic rings. The van der Waals surface area contributed by atoms with Gasteiger partial charge in [0.2, 0.25) is 0 Å². The number of aliphatic hydroxyl groups is 1. The number of nitrogens with zero attached hydrogens (tertiary/aromatic N) is 1. The quantitative estimate of drug-likeness (QED) is 0.856. The van der Waals surface area contributed by atoms with Crippen LogP contribution in [0.4, 0.5) is 0 Å². The summed E-state index contributed by atoms with van der Waals surface area (Å²) >= 11 is 0. The number of carbonyl (C=O) groups excluding carboxylic acids is 1. The summed E-state index contributed by atoms with van der Waals surface area (Å²) in [6.45, 7) is -0.354. The summed E-state index contributed by atoms with van der Waals surface area (Å²) in [4.78, 5) is 24.6. The minimum absolute atomic E-state index is 0.0723. The highest BCUT2D eigenvalue weighted by molar-refractivity contribution is 5.85. The Morgan fingerprint density at radius 3 is 2.35 bits per heavy atom. The number of hydrogen-bond acceptors (Lipinski definition) is 3. The van der Waals surface area contributed by atoms with E-state index in [2.05, 4.69) is 0 Å². The normalized spacial score (nSPS) is 16.9. The van der Waals surface area contributed by atoms with Gasteiger partial charge in [0, 0.05) is 6.04 Å². The molecular weight excluding hydrogens is 258 g/mol. The molecule has 0 heterocycles. The second-order valence-electron chi connectivity index (χ2n) is 5.11. The standard InChI is InChI=1S/C15H19NO4/c17-13(18)10-16(12-8-4-5-9-12)15(20)14(19)11-6-2-1-3-7-11/h1-3,6-7,12,14,19H,4-5,8-10H2,(H,17,18). The van der Waals surface area contributed by atoms with Gasteiger partial charge in [0.25, 0.3) is 5.91 Å². The first-order valence-corrected chi connectivity index (χ1v) is 6.85. The summed E-state index contributed by atoms with van der Waals surface area (Å²) in [5.41, 5.74) is 0.492. The average molecular weight is 277 g/mol. The summed E-state index contributed by atoms with van der Waals surface area (Å²) in [6.07, 6.45) is 2.31. The first-order valence-electron chi connectivity index (χ1n) is 6.85. The highest BCUT2D eigenvalue weighted by Crippen LogP contribution is 2.26. The fourth-order valence-electron chi connectivity index (χ4n) is 2.68. The summed E-state index contributed by atoms with van der Waals surface area (Å²) in [5, 5.41) is 19.1. The predicted molar refractivity (Wildman–Crippen MR) is 73.0 cm³/mol. The molecule has 2 rings (SSSR count). The van der Waals surface area contributed by atoms with Crippen molar-refractivity contribution < 1.29 is 19.8 Å². The minimum atomic E-state index is -1.30. The molecular formula is C15H19NO4. The zero-order chi connectivity index (χ0) is 14.5. The summed E-state index contributed by atoms with van der Waals surface area (Å²) in [5.74, 6) is -1.57. The molecule has 0 spiro atoms. The Morgan fingerprint density at radius 2 is 1.80 bits per heavy atom. The van der Waals surface area contributed by atoms with E-state index in [9.17, 15) is 14.7 Å². The number of hydrogen-bond donors (Lipinski definition) is 2. The highest BCUT2D eigenvalue weighted by atomic mass is 16.4. The van der Waals surface area contributed by atoms with Gasteiger partial charge in [0.05, 0.1) is 0 Å². The second-order valence-corrected chi connectivity index (χ2v) is 5.11. The van der Waals surface area contributed by atoms with Crippen LogP contribution in [0.15, 0.2) is 30.3 Å². The van der Waals surface area contributed by atoms with Crippen LogP contribution in [0.3, 0.4) is 0 Å². The molecule has 0 radical (unpaired) electrons. The molecule has 20 heavy (non-hydrogen) atoms. The fraction of sp³-hybridized carbons (Fsp3) is 0.467. The Morgan fingerprint density at radius 1 is 1.20 bits per heavy atom. The minimum Gasteiger partial charge on any atom is -0.480 e. The number of carboxylic acid groups (broad SMARTS) is 1. The summed E-state index contributed by atoms with van der Waals surface area (Å²) in [6, 6.07) is 8.53. The molecule has 0 saturated heterocycles. The molecule has 1 amide bonds. The van der Waals surface area contributed by atoms with Gasteiger partial charge in [-0.1, -0.05) is 43.2 Å². The zero-order valence-electron chi connectivity index (χ0n) is 11.2. The van der Waals surface area contributed by atoms with Crippen LogP contribution in [-0.2, 0) is 9.59 Å². The van der Waals surface area contributed by atoms with Crippen LogP contribution < -0.4 is 0 Å². The first-order chi connectivity index (χ1) is 9.59. The van der Waals surface area contributed by atoms with Crippen molar-refractivity contribution in [3.63, 3.8) is 0 Å². The molecule has 5 nitrogen and oxygen atoms in total. The lowest BCUT2D eigenvalue weighted by Crippen LogP contribution is -2.44. The molecule has 1 atom stereocenters. The third-order valence-corrected chi connectivity index (χ3v) is 3.70. The van der Waals surface area contributed by atoms with Crippen molar-refractivity contribution in [3.05, 3.63) is 35.9 Å². The first kappa shape index (κ1) is 14.5. The molecule has 1 fully saturated rings. The van der Waals surface area contributed by atoms with E-state index in [0.29, 0.717) is 5.56 Å². The number of benzene rings is 1. The zero-order valence-corrected chi connectivity index (χ0v) is 11.2. The Labute approximate surface area is 117 Å². The van der Waals surface area contributed by atoms with Crippen LogP contribution in [0.5, 0.6) is 0 Å². The van der Waals surface area contributed by atoms with Crippen LogP contribution in [0.1, 0.15) is 37.4 Å². The lowest BCUT2D eigenvalue weighted by Gasteiger charge is -2.29. The topological polar surface area (TPSA) is 77.8 Å². The maximum absolute atomic E-state index is 12.4. The maximum atomic E-state index is 12.4. The molecule has 0 bridgehead atoms. The molecule has 108 valence electrons. The summed E-state index contributed by atoms with van der Waals surface area (Å²) < 4.78 is 0. The molecule has 1 aliphatic carbocycles. The van der Waals surface area contributed by atoms with E-state index in [-0.39, 0.29) is 12.6 Å². The van der Waals surface area contributed by atoms with Crippen LogP contribution >= 0.6 is 0 Å². The van der Waals surface area contributed by atoms with E-state index in [0.717, 1.165) is 25.7 Å². The van der Waals surface area contributed by atoms with Gasteiger partial charge in [-0.25, -0.2) is 0 Å². The molecule has 5 heteroatoms. The third-order valence-electron chi connectivity index (χ3n) is 3.70. The van der Waals surface area contributed by atoms with Crippen LogP contribution in [0.25, 0.3) is 0 Å². The molecule has 1 unspecified atom stereocenters. The van der Waals surface area contributed by atoms with Crippen molar-refractivity contribution in [3.8, 4) is 0 Å². The number of rotatable bonds is 5. The molecule has 0 aromatic heterocycles. The molecule has 1 aromatic carbocycles. The molecule has 2 N–H and O–H groups in total. The van der Waals surface area contributed by atoms with Gasteiger partial charge < -0.3 is 15.1 Å². The smallest absolute Gasteiger partial charge is 0.323 e. The SMILES string of the molecule is O=C(O)CN(C(=O)C(O)c1ccccc1)C1CCCC1. The maximum Gasteiger partial charge on any atom is 0.323 e. The third kappa shape index (κ3) is 3.36. The van der Waals surface area contributed by atoms with Gasteiger partial charge in [0.1, 0.15) is 6.54 Å². The van der Waals surface area contributed by atoms with Crippen molar-refractivity contribution >= 4 is 11.9 Å². The second kappa shape index (κ2) is 6.52. The molecule has 1 saturated carbocycles. The monoisotopic (exact) mass is 277 g/mol. The number of carboxylic acids is 1. The lowest BCUT2D eigenvalue weighted by molar-refractivity contribution is -0.151. The van der Waals surface area contributed by atoms with E-state index >= 15 is 0 Å². The van der Waals surface area contributed by atoms with Crippen molar-refractivity contribution in [2.24, 2.45) is 0 Å². The van der Waals surface area contributed by atoms with Gasteiger partial charge in [-0.3, -0.25) is 9.59 Å². The summed E-state index contributed by atoms with van der Waals surface area (Å²) in [7, 11) is 0. The van der Waals surface area contributed by atoms with Gasteiger partial charge in [-0.05, 0) is 18.4 Å². The Kier molecular flexibility index (Phi) is 4.74. The van der Waals surface area contributed by atoms with Crippen LogP contribution in [0, 0.1) is 0 Å². The van der Waals surface area contributed by atoms with Gasteiger partial charge in [-0.2, -0.15) is 0 Å². The Bertz CT molecular complexity index is 468. The van der Waals surface area contributed by atoms with Gasteiger partial charge in [-0.15, -0.1) is 0 Å². The fourth-order valence-corrected chi connectivity index (χ4v) is 2.68. The van der Waals surface area contributed by atoms with E-state index in [4.69, 9.17) is 5.11 Å². The van der Waals surface area contributed by atoms with E-state index in [1.54, 1.807) is 30.3 Å². The number of aliphatic carboxylic acids is 1. The van der Waals surface area contributed by atoms with E-state index in [1.165, 1.54) is 4.90 Å². The molecule has 0 aliphatic heterocycles. The highest BCUT2D eigenvalue weighted by Gasteiger charge is 2.32. The van der Waals surface area contributed by atoms with Crippen LogP contribution in [-0.4, -0.2) is 39.6 Å². The largest absolute Gasteiger partial charge is 0.480 e. The van der Waals surface area contributed by atoms with Crippen molar-refractivity contribution in [1.29, 1.82) is 0 Å². The molecule has 1 aromatic rings. The number of amides is 1. The van der Waals surface area contributed by atoms with Crippen LogP contribution in [0.2, 0.25) is 0 Å². The van der Waals surface area contributed by atoms with Gasteiger partial charge in [0.15, 0.2) is 6.10 Å². The van der Waals surface area contributed by atoms with E-state index < -0.39 is 18.0 Å². The van der Waals surface area contributed by atoms with Crippen molar-refractivity contribution in [2.45, 2.75) is 37.8 Å². The number of carbonyl (C=O) groups is 2.